The van der Waals surface area contributed by atoms with Crippen molar-refractivity contribution < 1.29 is 19.1 Å². The number of ether oxygens (including phenoxy) is 2. The number of amides is 1. The Morgan fingerprint density at radius 2 is 1.71 bits per heavy atom. The van der Waals surface area contributed by atoms with Crippen molar-refractivity contribution >= 4 is 22.6 Å². The van der Waals surface area contributed by atoms with Gasteiger partial charge in [-0.1, -0.05) is 35.9 Å². The molecule has 28 heavy (non-hydrogen) atoms. The second kappa shape index (κ2) is 8.57. The van der Waals surface area contributed by atoms with E-state index in [1.165, 1.54) is 0 Å². The number of carbonyl (C=O) groups is 2. The Labute approximate surface area is 164 Å². The van der Waals surface area contributed by atoms with E-state index in [-0.39, 0.29) is 12.5 Å². The maximum absolute atomic E-state index is 12.3. The summed E-state index contributed by atoms with van der Waals surface area (Å²) in [5.41, 5.74) is 2.41. The Hall–Kier alpha value is -3.34. The van der Waals surface area contributed by atoms with Crippen molar-refractivity contribution in [3.8, 4) is 5.75 Å². The lowest BCUT2D eigenvalue weighted by atomic mass is 10.1. The molecule has 0 fully saturated rings. The van der Waals surface area contributed by atoms with Crippen molar-refractivity contribution in [1.29, 1.82) is 0 Å². The Bertz CT molecular complexity index is 1010. The Kier molecular flexibility index (Phi) is 5.94. The summed E-state index contributed by atoms with van der Waals surface area (Å²) < 4.78 is 10.4. The van der Waals surface area contributed by atoms with Crippen LogP contribution in [0.2, 0.25) is 0 Å². The van der Waals surface area contributed by atoms with Crippen molar-refractivity contribution in [1.82, 2.24) is 4.90 Å². The first-order chi connectivity index (χ1) is 13.5. The van der Waals surface area contributed by atoms with Crippen LogP contribution in [0.5, 0.6) is 5.75 Å². The summed E-state index contributed by atoms with van der Waals surface area (Å²) in [5.74, 6) is 0.0592. The molecule has 0 saturated carbocycles. The van der Waals surface area contributed by atoms with Gasteiger partial charge < -0.3 is 14.4 Å². The Balaban J connectivity index is 1.59. The summed E-state index contributed by atoms with van der Waals surface area (Å²) in [6.45, 7) is 2.05. The van der Waals surface area contributed by atoms with Gasteiger partial charge in [0.25, 0.3) is 5.91 Å². The maximum atomic E-state index is 12.3. The largest absolute Gasteiger partial charge is 0.497 e. The minimum atomic E-state index is -0.495. The first-order valence-corrected chi connectivity index (χ1v) is 9.01. The molecule has 0 aromatic heterocycles. The van der Waals surface area contributed by atoms with Gasteiger partial charge in [-0.25, -0.2) is 4.79 Å². The fourth-order valence-corrected chi connectivity index (χ4v) is 2.95. The first-order valence-electron chi connectivity index (χ1n) is 9.01. The van der Waals surface area contributed by atoms with Crippen LogP contribution in [-0.2, 0) is 16.1 Å². The van der Waals surface area contributed by atoms with Crippen molar-refractivity contribution in [2.75, 3.05) is 20.8 Å². The molecule has 0 atom stereocenters. The number of methoxy groups -OCH3 is 1. The maximum Gasteiger partial charge on any atom is 0.338 e. The fraction of sp³-hybridized carbons (Fsp3) is 0.217. The number of esters is 1. The van der Waals surface area contributed by atoms with Crippen molar-refractivity contribution in [2.45, 2.75) is 13.5 Å². The van der Waals surface area contributed by atoms with Crippen LogP contribution in [0, 0.1) is 6.92 Å². The van der Waals surface area contributed by atoms with Crippen LogP contribution >= 0.6 is 0 Å². The third-order valence-electron chi connectivity index (χ3n) is 4.54. The van der Waals surface area contributed by atoms with Crippen LogP contribution in [0.4, 0.5) is 0 Å². The monoisotopic (exact) mass is 377 g/mol. The molecule has 144 valence electrons. The number of rotatable bonds is 6. The molecular formula is C23H23NO4. The van der Waals surface area contributed by atoms with Gasteiger partial charge in [0.05, 0.1) is 12.7 Å². The van der Waals surface area contributed by atoms with Crippen LogP contribution in [0.15, 0.2) is 60.7 Å². The summed E-state index contributed by atoms with van der Waals surface area (Å²) >= 11 is 0. The van der Waals surface area contributed by atoms with Gasteiger partial charge in [0.1, 0.15) is 5.75 Å². The molecule has 0 bridgehead atoms. The molecule has 1 amide bonds. The molecule has 0 aliphatic heterocycles. The smallest absolute Gasteiger partial charge is 0.338 e. The minimum absolute atomic E-state index is 0.254. The average Bonchev–Trinajstić information content (AvgIpc) is 2.71. The molecule has 5 heteroatoms. The fourth-order valence-electron chi connectivity index (χ4n) is 2.95. The third-order valence-corrected chi connectivity index (χ3v) is 4.54. The van der Waals surface area contributed by atoms with Gasteiger partial charge in [0.2, 0.25) is 0 Å². The number of aryl methyl sites for hydroxylation is 1. The summed E-state index contributed by atoms with van der Waals surface area (Å²) in [7, 11) is 3.34. The van der Waals surface area contributed by atoms with E-state index in [4.69, 9.17) is 9.47 Å². The topological polar surface area (TPSA) is 55.8 Å². The van der Waals surface area contributed by atoms with E-state index >= 15 is 0 Å². The van der Waals surface area contributed by atoms with Crippen LogP contribution < -0.4 is 4.74 Å². The summed E-state index contributed by atoms with van der Waals surface area (Å²) in [6.07, 6.45) is 0. The average molecular weight is 377 g/mol. The quantitative estimate of drug-likeness (QED) is 0.610. The molecule has 0 spiro atoms. The van der Waals surface area contributed by atoms with E-state index in [9.17, 15) is 9.59 Å². The van der Waals surface area contributed by atoms with E-state index in [2.05, 4.69) is 0 Å². The molecule has 3 aromatic carbocycles. The zero-order valence-electron chi connectivity index (χ0n) is 16.3. The molecule has 0 saturated heterocycles. The molecule has 0 unspecified atom stereocenters. The molecule has 0 heterocycles. The van der Waals surface area contributed by atoms with Gasteiger partial charge in [0, 0.05) is 13.6 Å². The number of hydrogen-bond acceptors (Lipinski definition) is 4. The zero-order chi connectivity index (χ0) is 20.1. The highest BCUT2D eigenvalue weighted by molar-refractivity contribution is 5.91. The third kappa shape index (κ3) is 4.68. The molecular weight excluding hydrogens is 354 g/mol. The molecule has 3 rings (SSSR count). The minimum Gasteiger partial charge on any atom is -0.497 e. The predicted molar refractivity (Wildman–Crippen MR) is 108 cm³/mol. The van der Waals surface area contributed by atoms with E-state index < -0.39 is 5.97 Å². The number of carbonyl (C=O) groups excluding carboxylic acids is 2. The summed E-state index contributed by atoms with van der Waals surface area (Å²) in [4.78, 5) is 26.0. The Morgan fingerprint density at radius 1 is 0.964 bits per heavy atom. The van der Waals surface area contributed by atoms with E-state index in [1.54, 1.807) is 37.3 Å². The van der Waals surface area contributed by atoms with Crippen LogP contribution in [0.1, 0.15) is 21.5 Å². The molecule has 3 aromatic rings. The van der Waals surface area contributed by atoms with Gasteiger partial charge >= 0.3 is 5.97 Å². The number of fused-ring (bicyclic) bond motifs is 1. The molecule has 0 radical (unpaired) electrons. The Morgan fingerprint density at radius 3 is 2.46 bits per heavy atom. The van der Waals surface area contributed by atoms with E-state index in [0.29, 0.717) is 12.1 Å². The molecule has 0 aliphatic carbocycles. The second-order valence-corrected chi connectivity index (χ2v) is 6.74. The van der Waals surface area contributed by atoms with E-state index in [0.717, 1.165) is 27.6 Å². The van der Waals surface area contributed by atoms with Crippen molar-refractivity contribution in [3.05, 3.63) is 77.4 Å². The normalized spacial score (nSPS) is 10.5. The van der Waals surface area contributed by atoms with Crippen LogP contribution in [0.3, 0.4) is 0 Å². The number of hydrogen-bond donors (Lipinski definition) is 0. The zero-order valence-corrected chi connectivity index (χ0v) is 16.3. The van der Waals surface area contributed by atoms with Gasteiger partial charge in [-0.3, -0.25) is 4.79 Å². The number of nitrogens with zero attached hydrogens (tertiary/aromatic N) is 1. The molecule has 0 aliphatic rings. The SMILES string of the molecule is COc1ccc2cc(CN(C)C(=O)COC(=O)c3cccc(C)c3)ccc2c1. The van der Waals surface area contributed by atoms with E-state index in [1.807, 2.05) is 49.4 Å². The summed E-state index contributed by atoms with van der Waals surface area (Å²) in [6, 6.07) is 19.0. The van der Waals surface area contributed by atoms with Crippen molar-refractivity contribution in [2.24, 2.45) is 0 Å². The summed E-state index contributed by atoms with van der Waals surface area (Å²) in [5, 5.41) is 2.15. The van der Waals surface area contributed by atoms with Gasteiger partial charge in [-0.15, -0.1) is 0 Å². The number of likely N-dealkylation sites (N-methyl/N-ethyl adjacent to an activating group) is 1. The predicted octanol–water partition coefficient (Wildman–Crippen LogP) is 3.97. The second-order valence-electron chi connectivity index (χ2n) is 6.74. The lowest BCUT2D eigenvalue weighted by Gasteiger charge is -2.17. The van der Waals surface area contributed by atoms with Gasteiger partial charge in [0.15, 0.2) is 6.61 Å². The molecule has 0 N–H and O–H groups in total. The van der Waals surface area contributed by atoms with Crippen LogP contribution in [0.25, 0.3) is 10.8 Å². The lowest BCUT2D eigenvalue weighted by molar-refractivity contribution is -0.133. The lowest BCUT2D eigenvalue weighted by Crippen LogP contribution is -2.30. The highest BCUT2D eigenvalue weighted by Gasteiger charge is 2.14. The standard InChI is InChI=1S/C23H23NO4/c1-16-5-4-6-20(11-16)23(26)28-15-22(25)24(2)14-17-7-8-19-13-21(27-3)10-9-18(19)12-17/h4-13H,14-15H2,1-3H3. The highest BCUT2D eigenvalue weighted by atomic mass is 16.5. The van der Waals surface area contributed by atoms with Crippen molar-refractivity contribution in [3.63, 3.8) is 0 Å². The van der Waals surface area contributed by atoms with Crippen LogP contribution in [-0.4, -0.2) is 37.5 Å². The number of benzene rings is 3. The molecule has 5 nitrogen and oxygen atoms in total. The highest BCUT2D eigenvalue weighted by Crippen LogP contribution is 2.22. The van der Waals surface area contributed by atoms with Gasteiger partial charge in [-0.05, 0) is 53.6 Å². The van der Waals surface area contributed by atoms with Gasteiger partial charge in [-0.2, -0.15) is 0 Å². The first kappa shape index (κ1) is 19.4.